The fourth-order valence-corrected chi connectivity index (χ4v) is 3.40. The molecule has 142 valence electrons. The number of carbonyl (C=O) groups is 2. The molecule has 2 amide bonds. The first-order chi connectivity index (χ1) is 13.7. The number of rotatable bonds is 6. The van der Waals surface area contributed by atoms with E-state index < -0.39 is 0 Å². The van der Waals surface area contributed by atoms with Crippen molar-refractivity contribution in [3.05, 3.63) is 78.1 Å². The van der Waals surface area contributed by atoms with Crippen molar-refractivity contribution in [2.75, 3.05) is 18.0 Å². The molecule has 6 heteroatoms. The molecule has 28 heavy (non-hydrogen) atoms. The highest BCUT2D eigenvalue weighted by Gasteiger charge is 2.22. The molecule has 0 saturated carbocycles. The normalized spacial score (nSPS) is 13.7. The van der Waals surface area contributed by atoms with Gasteiger partial charge in [-0.15, -0.1) is 0 Å². The second-order valence-corrected chi connectivity index (χ2v) is 6.82. The smallest absolute Gasteiger partial charge is 0.251 e. The predicted octanol–water partition coefficient (Wildman–Crippen LogP) is 2.97. The van der Waals surface area contributed by atoms with Crippen LogP contribution in [-0.4, -0.2) is 34.7 Å². The van der Waals surface area contributed by atoms with E-state index in [0.29, 0.717) is 18.5 Å². The molecule has 1 aromatic heterocycles. The molecular formula is C22H22N4O2. The van der Waals surface area contributed by atoms with Crippen LogP contribution in [0.1, 0.15) is 28.8 Å². The summed E-state index contributed by atoms with van der Waals surface area (Å²) in [5.41, 5.74) is 3.52. The van der Waals surface area contributed by atoms with Gasteiger partial charge in [-0.05, 0) is 54.8 Å². The molecule has 4 rings (SSSR count). The third kappa shape index (κ3) is 3.96. The Labute approximate surface area is 163 Å². The molecule has 0 radical (unpaired) electrons. The van der Waals surface area contributed by atoms with Crippen LogP contribution in [0, 0.1) is 0 Å². The van der Waals surface area contributed by atoms with Crippen LogP contribution in [0.3, 0.4) is 0 Å². The summed E-state index contributed by atoms with van der Waals surface area (Å²) in [6.07, 6.45) is 5.84. The Morgan fingerprint density at radius 1 is 1.07 bits per heavy atom. The van der Waals surface area contributed by atoms with E-state index >= 15 is 0 Å². The van der Waals surface area contributed by atoms with Crippen molar-refractivity contribution in [1.82, 2.24) is 15.1 Å². The first kappa shape index (κ1) is 18.0. The second-order valence-electron chi connectivity index (χ2n) is 6.82. The maximum atomic E-state index is 12.5. The Kier molecular flexibility index (Phi) is 5.19. The molecule has 1 aliphatic rings. The molecule has 0 aliphatic carbocycles. The van der Waals surface area contributed by atoms with E-state index in [1.54, 1.807) is 23.2 Å². The van der Waals surface area contributed by atoms with Gasteiger partial charge in [0.2, 0.25) is 5.91 Å². The number of nitrogens with zero attached hydrogens (tertiary/aromatic N) is 3. The highest BCUT2D eigenvalue weighted by molar-refractivity contribution is 5.99. The molecule has 1 fully saturated rings. The summed E-state index contributed by atoms with van der Waals surface area (Å²) >= 11 is 0. The van der Waals surface area contributed by atoms with Crippen LogP contribution in [0.4, 0.5) is 5.69 Å². The van der Waals surface area contributed by atoms with E-state index in [0.717, 1.165) is 36.3 Å². The van der Waals surface area contributed by atoms with E-state index in [2.05, 4.69) is 10.4 Å². The fourth-order valence-electron chi connectivity index (χ4n) is 3.40. The van der Waals surface area contributed by atoms with Gasteiger partial charge in [0, 0.05) is 43.2 Å². The summed E-state index contributed by atoms with van der Waals surface area (Å²) in [6, 6.07) is 17.3. The van der Waals surface area contributed by atoms with Crippen LogP contribution in [-0.2, 0) is 11.2 Å². The number of amides is 2. The van der Waals surface area contributed by atoms with Gasteiger partial charge in [0.15, 0.2) is 0 Å². The highest BCUT2D eigenvalue weighted by Crippen LogP contribution is 2.22. The molecule has 2 aromatic carbocycles. The number of carbonyl (C=O) groups excluding carboxylic acids is 2. The SMILES string of the molecule is O=C(NCCc1ccc(-n2cccn2)cc1)c1cccc(N2CCCC2=O)c1. The molecule has 2 heterocycles. The first-order valence-corrected chi connectivity index (χ1v) is 9.48. The second kappa shape index (κ2) is 8.08. The number of nitrogens with one attached hydrogen (secondary N) is 1. The first-order valence-electron chi connectivity index (χ1n) is 9.48. The Morgan fingerprint density at radius 3 is 2.64 bits per heavy atom. The van der Waals surface area contributed by atoms with E-state index in [4.69, 9.17) is 0 Å². The minimum Gasteiger partial charge on any atom is -0.352 e. The van der Waals surface area contributed by atoms with Crippen molar-refractivity contribution in [3.8, 4) is 5.69 Å². The third-order valence-corrected chi connectivity index (χ3v) is 4.90. The zero-order valence-electron chi connectivity index (χ0n) is 15.5. The molecule has 0 spiro atoms. The molecule has 0 unspecified atom stereocenters. The van der Waals surface area contributed by atoms with Crippen LogP contribution in [0.5, 0.6) is 0 Å². The van der Waals surface area contributed by atoms with Crippen molar-refractivity contribution in [2.24, 2.45) is 0 Å². The lowest BCUT2D eigenvalue weighted by Gasteiger charge is -2.16. The fraction of sp³-hybridized carbons (Fsp3) is 0.227. The summed E-state index contributed by atoms with van der Waals surface area (Å²) in [7, 11) is 0. The zero-order chi connectivity index (χ0) is 19.3. The lowest BCUT2D eigenvalue weighted by atomic mass is 10.1. The number of aromatic nitrogens is 2. The number of hydrogen-bond acceptors (Lipinski definition) is 3. The van der Waals surface area contributed by atoms with Crippen molar-refractivity contribution < 1.29 is 9.59 Å². The van der Waals surface area contributed by atoms with Crippen LogP contribution < -0.4 is 10.2 Å². The molecule has 3 aromatic rings. The standard InChI is InChI=1S/C22H22N4O2/c27-21-6-2-14-25(21)20-5-1-4-18(16-20)22(28)23-13-11-17-7-9-19(10-8-17)26-15-3-12-24-26/h1,3-5,7-10,12,15-16H,2,6,11,13-14H2,(H,23,28). The topological polar surface area (TPSA) is 67.2 Å². The Morgan fingerprint density at radius 2 is 1.93 bits per heavy atom. The lowest BCUT2D eigenvalue weighted by molar-refractivity contribution is -0.117. The summed E-state index contributed by atoms with van der Waals surface area (Å²) in [5, 5.41) is 7.17. The summed E-state index contributed by atoms with van der Waals surface area (Å²) in [5.74, 6) is -0.00206. The highest BCUT2D eigenvalue weighted by atomic mass is 16.2. The van der Waals surface area contributed by atoms with Gasteiger partial charge in [0.05, 0.1) is 5.69 Å². The van der Waals surface area contributed by atoms with Crippen LogP contribution in [0.25, 0.3) is 5.69 Å². The maximum absolute atomic E-state index is 12.5. The van der Waals surface area contributed by atoms with Crippen molar-refractivity contribution >= 4 is 17.5 Å². The zero-order valence-corrected chi connectivity index (χ0v) is 15.5. The largest absolute Gasteiger partial charge is 0.352 e. The average Bonchev–Trinajstić information content (AvgIpc) is 3.40. The van der Waals surface area contributed by atoms with Crippen LogP contribution in [0.2, 0.25) is 0 Å². The summed E-state index contributed by atoms with van der Waals surface area (Å²) < 4.78 is 1.81. The molecule has 1 saturated heterocycles. The molecule has 6 nitrogen and oxygen atoms in total. The number of benzene rings is 2. The van der Waals surface area contributed by atoms with Gasteiger partial charge < -0.3 is 10.2 Å². The predicted molar refractivity (Wildman–Crippen MR) is 108 cm³/mol. The maximum Gasteiger partial charge on any atom is 0.251 e. The average molecular weight is 374 g/mol. The van der Waals surface area contributed by atoms with Crippen LogP contribution >= 0.6 is 0 Å². The van der Waals surface area contributed by atoms with Gasteiger partial charge >= 0.3 is 0 Å². The van der Waals surface area contributed by atoms with Crippen molar-refractivity contribution in [2.45, 2.75) is 19.3 Å². The van der Waals surface area contributed by atoms with Gasteiger partial charge in [-0.3, -0.25) is 9.59 Å². The lowest BCUT2D eigenvalue weighted by Crippen LogP contribution is -2.27. The molecule has 0 atom stereocenters. The van der Waals surface area contributed by atoms with E-state index in [9.17, 15) is 9.59 Å². The van der Waals surface area contributed by atoms with Crippen molar-refractivity contribution in [1.29, 1.82) is 0 Å². The van der Waals surface area contributed by atoms with E-state index in [1.807, 2.05) is 53.3 Å². The quantitative estimate of drug-likeness (QED) is 0.721. The van der Waals surface area contributed by atoms with E-state index in [-0.39, 0.29) is 11.8 Å². The molecule has 0 bridgehead atoms. The van der Waals surface area contributed by atoms with Gasteiger partial charge in [-0.2, -0.15) is 5.10 Å². The van der Waals surface area contributed by atoms with Gasteiger partial charge in [0.1, 0.15) is 0 Å². The Bertz CT molecular complexity index is 964. The van der Waals surface area contributed by atoms with E-state index in [1.165, 1.54) is 0 Å². The van der Waals surface area contributed by atoms with Gasteiger partial charge in [-0.1, -0.05) is 18.2 Å². The summed E-state index contributed by atoms with van der Waals surface area (Å²) in [6.45, 7) is 1.27. The summed E-state index contributed by atoms with van der Waals surface area (Å²) in [4.78, 5) is 26.1. The molecule has 1 N–H and O–H groups in total. The monoisotopic (exact) mass is 374 g/mol. The van der Waals surface area contributed by atoms with Gasteiger partial charge in [-0.25, -0.2) is 4.68 Å². The number of anilines is 1. The number of hydrogen-bond donors (Lipinski definition) is 1. The van der Waals surface area contributed by atoms with Crippen LogP contribution in [0.15, 0.2) is 67.0 Å². The Balaban J connectivity index is 1.33. The van der Waals surface area contributed by atoms with Gasteiger partial charge in [0.25, 0.3) is 5.91 Å². The minimum atomic E-state index is -0.123. The van der Waals surface area contributed by atoms with Crippen molar-refractivity contribution in [3.63, 3.8) is 0 Å². The Hall–Kier alpha value is -3.41. The molecule has 1 aliphatic heterocycles. The minimum absolute atomic E-state index is 0.121. The molecular weight excluding hydrogens is 352 g/mol. The third-order valence-electron chi connectivity index (χ3n) is 4.90.